The molecule has 0 radical (unpaired) electrons. The molecule has 188 valence electrons. The molecular weight excluding hydrogens is 454 g/mol. The van der Waals surface area contributed by atoms with Crippen molar-refractivity contribution in [3.05, 3.63) is 35.4 Å². The van der Waals surface area contributed by atoms with Gasteiger partial charge in [-0.05, 0) is 50.3 Å². The van der Waals surface area contributed by atoms with Crippen molar-refractivity contribution in [2.75, 3.05) is 29.6 Å². The van der Waals surface area contributed by atoms with Crippen LogP contribution >= 0.6 is 0 Å². The molecule has 2 heterocycles. The number of nitrogens with two attached hydrogens (primary N) is 2. The van der Waals surface area contributed by atoms with E-state index in [-0.39, 0.29) is 29.3 Å². The van der Waals surface area contributed by atoms with Crippen molar-refractivity contribution in [2.24, 2.45) is 17.4 Å². The smallest absolute Gasteiger partial charge is 0.252 e. The van der Waals surface area contributed by atoms with Gasteiger partial charge in [-0.1, -0.05) is 6.92 Å². The lowest BCUT2D eigenvalue weighted by atomic mass is 10.0. The third-order valence-corrected chi connectivity index (χ3v) is 6.37. The Morgan fingerprint density at radius 2 is 1.91 bits per heavy atom. The Bertz CT molecular complexity index is 1250. The summed E-state index contributed by atoms with van der Waals surface area (Å²) < 4.78 is 31.7. The zero-order chi connectivity index (χ0) is 25.4. The van der Waals surface area contributed by atoms with Crippen LogP contribution in [0.4, 0.5) is 31.9 Å². The number of halogens is 2. The average molecular weight is 487 g/mol. The van der Waals surface area contributed by atoms with Gasteiger partial charge in [0.15, 0.2) is 23.3 Å². The van der Waals surface area contributed by atoms with Gasteiger partial charge in [-0.25, -0.2) is 13.8 Å². The predicted octanol–water partition coefficient (Wildman–Crippen LogP) is 3.57. The molecule has 9 nitrogen and oxygen atoms in total. The molecule has 2 atom stereocenters. The number of amides is 1. The lowest BCUT2D eigenvalue weighted by Crippen LogP contribution is -2.42. The molecule has 0 bridgehead atoms. The first-order valence-corrected chi connectivity index (χ1v) is 11.8. The largest absolute Gasteiger partial charge is 0.365 e. The van der Waals surface area contributed by atoms with Crippen LogP contribution < -0.4 is 27.0 Å². The molecule has 4 rings (SSSR count). The van der Waals surface area contributed by atoms with Crippen molar-refractivity contribution in [2.45, 2.75) is 51.7 Å². The second-order valence-electron chi connectivity index (χ2n) is 9.17. The van der Waals surface area contributed by atoms with E-state index < -0.39 is 17.5 Å². The van der Waals surface area contributed by atoms with Gasteiger partial charge in [0.25, 0.3) is 5.91 Å². The van der Waals surface area contributed by atoms with Crippen molar-refractivity contribution >= 4 is 40.0 Å². The number of aromatic nitrogens is 3. The summed E-state index contributed by atoms with van der Waals surface area (Å²) in [6, 6.07) is 3.72. The summed E-state index contributed by atoms with van der Waals surface area (Å²) in [6.07, 6.45) is 2.74. The number of pyridine rings is 1. The number of hydrogen-bond donors (Lipinski definition) is 4. The number of aryl methyl sites for hydroxylation is 1. The fourth-order valence-corrected chi connectivity index (χ4v) is 4.33. The van der Waals surface area contributed by atoms with Crippen molar-refractivity contribution in [1.29, 1.82) is 0 Å². The number of hydrogen-bond acceptors (Lipinski definition) is 7. The monoisotopic (exact) mass is 486 g/mol. The maximum Gasteiger partial charge on any atom is 0.252 e. The van der Waals surface area contributed by atoms with Gasteiger partial charge in [0.2, 0.25) is 0 Å². The molecule has 6 N–H and O–H groups in total. The average Bonchev–Trinajstić information content (AvgIpc) is 3.57. The topological polar surface area (TPSA) is 127 Å². The van der Waals surface area contributed by atoms with E-state index in [1.54, 1.807) is 15.6 Å². The third kappa shape index (κ3) is 4.86. The molecule has 0 aliphatic heterocycles. The summed E-state index contributed by atoms with van der Waals surface area (Å²) in [6.45, 7) is 4.35. The molecule has 0 spiro atoms. The Morgan fingerprint density at radius 3 is 2.49 bits per heavy atom. The minimum atomic E-state index is -0.858. The molecule has 1 aliphatic rings. The Kier molecular flexibility index (Phi) is 6.79. The van der Waals surface area contributed by atoms with E-state index in [2.05, 4.69) is 20.7 Å². The molecule has 2 aromatic heterocycles. The van der Waals surface area contributed by atoms with Crippen LogP contribution in [0.1, 0.15) is 43.5 Å². The van der Waals surface area contributed by atoms with Crippen LogP contribution in [0, 0.1) is 17.6 Å². The molecule has 1 amide bonds. The summed E-state index contributed by atoms with van der Waals surface area (Å²) in [5.74, 6) is -1.13. The number of rotatable bonds is 10. The van der Waals surface area contributed by atoms with Crippen LogP contribution in [0.2, 0.25) is 0 Å². The van der Waals surface area contributed by atoms with E-state index in [4.69, 9.17) is 11.5 Å². The highest BCUT2D eigenvalue weighted by Crippen LogP contribution is 2.37. The molecule has 11 heteroatoms. The molecule has 1 fully saturated rings. The van der Waals surface area contributed by atoms with Crippen molar-refractivity contribution in [3.8, 4) is 0 Å². The number of nitrogens with zero attached hydrogens (tertiary/aromatic N) is 4. The standard InChI is InChI=1S/C24H32F2N8O/c1-5-18(27)19(12-7-8-12)30-23-17(26)11-15(21(28)35)22(31-23)29-13-9-14-20(16(25)10-13)34(6-2)32-24(14)33(3)4/h9-12,18-19H,5-8,27H2,1-4H3,(H2,28,35)(H2,29,30,31)/t18-,19+/m0/s1. The number of primary amides is 1. The van der Waals surface area contributed by atoms with Gasteiger partial charge >= 0.3 is 0 Å². The van der Waals surface area contributed by atoms with Crippen LogP contribution in [-0.4, -0.2) is 46.9 Å². The minimum Gasteiger partial charge on any atom is -0.365 e. The number of carbonyl (C=O) groups is 1. The number of carbonyl (C=O) groups excluding carboxylic acids is 1. The van der Waals surface area contributed by atoms with Crippen LogP contribution in [0.25, 0.3) is 10.9 Å². The summed E-state index contributed by atoms with van der Waals surface area (Å²) >= 11 is 0. The van der Waals surface area contributed by atoms with E-state index in [0.717, 1.165) is 25.3 Å². The van der Waals surface area contributed by atoms with Crippen LogP contribution in [-0.2, 0) is 6.54 Å². The molecule has 1 aromatic carbocycles. The highest BCUT2D eigenvalue weighted by atomic mass is 19.1. The maximum atomic E-state index is 15.2. The normalized spacial score (nSPS) is 15.2. The van der Waals surface area contributed by atoms with Crippen molar-refractivity contribution in [1.82, 2.24) is 14.8 Å². The fraction of sp³-hybridized carbons (Fsp3) is 0.458. The van der Waals surface area contributed by atoms with Gasteiger partial charge < -0.3 is 27.0 Å². The van der Waals surface area contributed by atoms with E-state index in [1.165, 1.54) is 6.07 Å². The van der Waals surface area contributed by atoms with Gasteiger partial charge in [0.05, 0.1) is 5.56 Å². The molecule has 3 aromatic rings. The first kappa shape index (κ1) is 24.6. The molecule has 1 aliphatic carbocycles. The second kappa shape index (κ2) is 9.65. The van der Waals surface area contributed by atoms with Gasteiger partial charge in [-0.15, -0.1) is 0 Å². The minimum absolute atomic E-state index is 0.0223. The first-order chi connectivity index (χ1) is 16.6. The number of anilines is 4. The third-order valence-electron chi connectivity index (χ3n) is 6.37. The van der Waals surface area contributed by atoms with Crippen molar-refractivity contribution < 1.29 is 13.6 Å². The highest BCUT2D eigenvalue weighted by molar-refractivity contribution is 5.99. The summed E-state index contributed by atoms with van der Waals surface area (Å²) in [5, 5.41) is 11.2. The first-order valence-electron chi connectivity index (χ1n) is 11.8. The second-order valence-corrected chi connectivity index (χ2v) is 9.17. The van der Waals surface area contributed by atoms with E-state index >= 15 is 4.39 Å². The fourth-order valence-electron chi connectivity index (χ4n) is 4.33. The highest BCUT2D eigenvalue weighted by Gasteiger charge is 2.35. The zero-order valence-electron chi connectivity index (χ0n) is 20.4. The van der Waals surface area contributed by atoms with Gasteiger partial charge in [0, 0.05) is 43.8 Å². The Morgan fingerprint density at radius 1 is 1.20 bits per heavy atom. The number of nitrogens with one attached hydrogen (secondary N) is 2. The molecule has 0 saturated heterocycles. The SMILES string of the molecule is CC[C@H](N)[C@H](Nc1nc(Nc2cc(F)c3c(c2)c(N(C)C)nn3CC)c(C(N)=O)cc1F)C1CC1. The number of benzene rings is 1. The van der Waals surface area contributed by atoms with Crippen LogP contribution in [0.5, 0.6) is 0 Å². The molecular formula is C24H32F2N8O. The summed E-state index contributed by atoms with van der Waals surface area (Å²) in [5.41, 5.74) is 12.3. The van der Waals surface area contributed by atoms with E-state index in [0.29, 0.717) is 34.9 Å². The van der Waals surface area contributed by atoms with E-state index in [1.807, 2.05) is 27.9 Å². The molecule has 0 unspecified atom stereocenters. The lowest BCUT2D eigenvalue weighted by molar-refractivity contribution is 0.100. The van der Waals surface area contributed by atoms with Crippen LogP contribution in [0.3, 0.4) is 0 Å². The Hall–Kier alpha value is -3.47. The Balaban J connectivity index is 1.75. The summed E-state index contributed by atoms with van der Waals surface area (Å²) in [7, 11) is 3.64. The predicted molar refractivity (Wildman–Crippen MR) is 134 cm³/mol. The lowest BCUT2D eigenvalue weighted by Gasteiger charge is -2.25. The number of fused-ring (bicyclic) bond motifs is 1. The van der Waals surface area contributed by atoms with E-state index in [9.17, 15) is 9.18 Å². The van der Waals surface area contributed by atoms with Crippen molar-refractivity contribution in [3.63, 3.8) is 0 Å². The maximum absolute atomic E-state index is 15.2. The quantitative estimate of drug-likeness (QED) is 0.345. The van der Waals surface area contributed by atoms with Gasteiger partial charge in [-0.3, -0.25) is 9.48 Å². The molecule has 35 heavy (non-hydrogen) atoms. The zero-order valence-corrected chi connectivity index (χ0v) is 20.4. The molecule has 1 saturated carbocycles. The Labute approximate surface area is 202 Å². The van der Waals surface area contributed by atoms with Gasteiger partial charge in [-0.2, -0.15) is 5.10 Å². The van der Waals surface area contributed by atoms with Crippen LogP contribution in [0.15, 0.2) is 18.2 Å². The summed E-state index contributed by atoms with van der Waals surface area (Å²) in [4.78, 5) is 18.2. The van der Waals surface area contributed by atoms with Gasteiger partial charge in [0.1, 0.15) is 11.3 Å².